The van der Waals surface area contributed by atoms with E-state index in [2.05, 4.69) is 15.6 Å². The molecule has 1 fully saturated rings. The highest BCUT2D eigenvalue weighted by Crippen LogP contribution is 2.33. The first-order valence-corrected chi connectivity index (χ1v) is 7.48. The molecule has 1 amide bonds. The number of para-hydroxylation sites is 1. The van der Waals surface area contributed by atoms with E-state index in [0.29, 0.717) is 19.6 Å². The first-order chi connectivity index (χ1) is 11.4. The molecule has 1 N–H and O–H groups in total. The van der Waals surface area contributed by atoms with Crippen LogP contribution >= 0.6 is 12.4 Å². The van der Waals surface area contributed by atoms with Gasteiger partial charge in [0.15, 0.2) is 5.69 Å². The highest BCUT2D eigenvalue weighted by atomic mass is 35.5. The molecule has 0 saturated carbocycles. The SMILES string of the molecule is C[C@@H]1CNCCN1C(=O)c1cn(-c2ccccc2C(F)(F)F)nn1.Cl. The molecular weight excluding hydrogens is 359 g/mol. The lowest BCUT2D eigenvalue weighted by atomic mass is 10.1. The summed E-state index contributed by atoms with van der Waals surface area (Å²) >= 11 is 0. The van der Waals surface area contributed by atoms with Crippen LogP contribution in [0.25, 0.3) is 5.69 Å². The van der Waals surface area contributed by atoms with Crippen molar-refractivity contribution in [2.24, 2.45) is 0 Å². The zero-order valence-corrected chi connectivity index (χ0v) is 14.1. The third-order valence-electron chi connectivity index (χ3n) is 3.93. The van der Waals surface area contributed by atoms with Gasteiger partial charge in [-0.3, -0.25) is 4.79 Å². The zero-order valence-electron chi connectivity index (χ0n) is 13.3. The average molecular weight is 376 g/mol. The second kappa shape index (κ2) is 7.40. The Labute approximate surface area is 148 Å². The van der Waals surface area contributed by atoms with E-state index in [0.717, 1.165) is 10.7 Å². The molecule has 0 aliphatic carbocycles. The fourth-order valence-corrected chi connectivity index (χ4v) is 2.68. The third kappa shape index (κ3) is 3.93. The number of nitrogens with zero attached hydrogens (tertiary/aromatic N) is 4. The maximum absolute atomic E-state index is 13.1. The lowest BCUT2D eigenvalue weighted by molar-refractivity contribution is -0.137. The van der Waals surface area contributed by atoms with E-state index >= 15 is 0 Å². The van der Waals surface area contributed by atoms with Gasteiger partial charge < -0.3 is 10.2 Å². The van der Waals surface area contributed by atoms with Crippen molar-refractivity contribution >= 4 is 18.3 Å². The number of amides is 1. The molecule has 0 bridgehead atoms. The summed E-state index contributed by atoms with van der Waals surface area (Å²) < 4.78 is 40.3. The zero-order chi connectivity index (χ0) is 17.3. The summed E-state index contributed by atoms with van der Waals surface area (Å²) in [6.45, 7) is 3.75. The minimum Gasteiger partial charge on any atom is -0.332 e. The Morgan fingerprint density at radius 3 is 2.72 bits per heavy atom. The normalized spacial score (nSPS) is 17.9. The van der Waals surface area contributed by atoms with Gasteiger partial charge >= 0.3 is 6.18 Å². The van der Waals surface area contributed by atoms with Gasteiger partial charge in [-0.1, -0.05) is 17.3 Å². The van der Waals surface area contributed by atoms with E-state index in [9.17, 15) is 18.0 Å². The summed E-state index contributed by atoms with van der Waals surface area (Å²) in [7, 11) is 0. The van der Waals surface area contributed by atoms with Crippen LogP contribution in [0.4, 0.5) is 13.2 Å². The van der Waals surface area contributed by atoms with Gasteiger partial charge in [0.05, 0.1) is 17.4 Å². The number of piperazine rings is 1. The van der Waals surface area contributed by atoms with Crippen molar-refractivity contribution in [1.29, 1.82) is 0 Å². The summed E-state index contributed by atoms with van der Waals surface area (Å²) in [6.07, 6.45) is -3.28. The molecule has 1 aromatic carbocycles. The molecule has 2 aromatic rings. The number of carbonyl (C=O) groups excluding carboxylic acids is 1. The number of hydrogen-bond acceptors (Lipinski definition) is 4. The fraction of sp³-hybridized carbons (Fsp3) is 0.400. The Balaban J connectivity index is 0.00000225. The summed E-state index contributed by atoms with van der Waals surface area (Å²) in [4.78, 5) is 14.1. The molecule has 136 valence electrons. The van der Waals surface area contributed by atoms with Crippen LogP contribution in [0.15, 0.2) is 30.5 Å². The number of alkyl halides is 3. The Morgan fingerprint density at radius 2 is 2.04 bits per heavy atom. The van der Waals surface area contributed by atoms with Crippen molar-refractivity contribution in [2.45, 2.75) is 19.1 Å². The van der Waals surface area contributed by atoms with Crippen molar-refractivity contribution in [3.05, 3.63) is 41.7 Å². The predicted octanol–water partition coefficient (Wildman–Crippen LogP) is 2.14. The number of carbonyl (C=O) groups is 1. The molecular formula is C15H17ClF3N5O. The number of aromatic nitrogens is 3. The van der Waals surface area contributed by atoms with Crippen LogP contribution < -0.4 is 5.32 Å². The van der Waals surface area contributed by atoms with Crippen LogP contribution in [0.5, 0.6) is 0 Å². The number of benzene rings is 1. The maximum Gasteiger partial charge on any atom is 0.418 e. The van der Waals surface area contributed by atoms with E-state index in [-0.39, 0.29) is 35.7 Å². The lowest BCUT2D eigenvalue weighted by Crippen LogP contribution is -2.52. The molecule has 1 aliphatic rings. The smallest absolute Gasteiger partial charge is 0.332 e. The number of rotatable bonds is 2. The Hall–Kier alpha value is -2.13. The van der Waals surface area contributed by atoms with Crippen molar-refractivity contribution in [3.63, 3.8) is 0 Å². The van der Waals surface area contributed by atoms with Gasteiger partial charge in [0.1, 0.15) is 0 Å². The monoisotopic (exact) mass is 375 g/mol. The van der Waals surface area contributed by atoms with Crippen LogP contribution in [0, 0.1) is 0 Å². The van der Waals surface area contributed by atoms with Crippen molar-refractivity contribution in [1.82, 2.24) is 25.2 Å². The molecule has 1 atom stereocenters. The lowest BCUT2D eigenvalue weighted by Gasteiger charge is -2.33. The average Bonchev–Trinajstić information content (AvgIpc) is 3.04. The van der Waals surface area contributed by atoms with Crippen LogP contribution in [0.1, 0.15) is 23.0 Å². The molecule has 1 aromatic heterocycles. The molecule has 6 nitrogen and oxygen atoms in total. The van der Waals surface area contributed by atoms with Gasteiger partial charge in [0.25, 0.3) is 5.91 Å². The Morgan fingerprint density at radius 1 is 1.32 bits per heavy atom. The summed E-state index contributed by atoms with van der Waals surface area (Å²) in [5.74, 6) is -0.334. The van der Waals surface area contributed by atoms with Gasteiger partial charge in [-0.2, -0.15) is 13.2 Å². The van der Waals surface area contributed by atoms with Gasteiger partial charge in [0, 0.05) is 25.7 Å². The highest BCUT2D eigenvalue weighted by Gasteiger charge is 2.34. The minimum atomic E-state index is -4.51. The topological polar surface area (TPSA) is 63.1 Å². The minimum absolute atomic E-state index is 0. The van der Waals surface area contributed by atoms with Gasteiger partial charge in [-0.25, -0.2) is 4.68 Å². The van der Waals surface area contributed by atoms with E-state index < -0.39 is 11.7 Å². The second-order valence-electron chi connectivity index (χ2n) is 5.61. The first-order valence-electron chi connectivity index (χ1n) is 7.48. The number of halogens is 4. The van der Waals surface area contributed by atoms with E-state index in [1.54, 1.807) is 4.90 Å². The molecule has 10 heteroatoms. The molecule has 1 saturated heterocycles. The summed E-state index contributed by atoms with van der Waals surface area (Å²) in [6, 6.07) is 5.03. The van der Waals surface area contributed by atoms with Crippen molar-refractivity contribution in [3.8, 4) is 5.69 Å². The van der Waals surface area contributed by atoms with E-state index in [1.165, 1.54) is 24.4 Å². The van der Waals surface area contributed by atoms with Gasteiger partial charge in [-0.05, 0) is 19.1 Å². The number of nitrogens with one attached hydrogen (secondary N) is 1. The molecule has 2 heterocycles. The molecule has 0 radical (unpaired) electrons. The van der Waals surface area contributed by atoms with Crippen LogP contribution in [-0.2, 0) is 6.18 Å². The standard InChI is InChI=1S/C15H16F3N5O.ClH/c1-10-8-19-6-7-22(10)14(24)12-9-23(21-20-12)13-5-3-2-4-11(13)15(16,17)18;/h2-5,9-10,19H,6-8H2,1H3;1H/t10-;/m1./s1. The van der Waals surface area contributed by atoms with E-state index in [4.69, 9.17) is 0 Å². The molecule has 3 rings (SSSR count). The van der Waals surface area contributed by atoms with Crippen molar-refractivity contribution in [2.75, 3.05) is 19.6 Å². The molecule has 0 unspecified atom stereocenters. The van der Waals surface area contributed by atoms with Gasteiger partial charge in [0.2, 0.25) is 0 Å². The largest absolute Gasteiger partial charge is 0.418 e. The molecule has 0 spiro atoms. The molecule has 25 heavy (non-hydrogen) atoms. The third-order valence-corrected chi connectivity index (χ3v) is 3.93. The Bertz CT molecular complexity index is 749. The second-order valence-corrected chi connectivity index (χ2v) is 5.61. The maximum atomic E-state index is 13.1. The summed E-state index contributed by atoms with van der Waals surface area (Å²) in [5.41, 5.74) is -0.963. The number of hydrogen-bond donors (Lipinski definition) is 1. The summed E-state index contributed by atoms with van der Waals surface area (Å²) in [5, 5.41) is 10.6. The van der Waals surface area contributed by atoms with Crippen LogP contribution in [-0.4, -0.2) is 51.5 Å². The van der Waals surface area contributed by atoms with Crippen LogP contribution in [0.3, 0.4) is 0 Å². The fourth-order valence-electron chi connectivity index (χ4n) is 2.68. The Kier molecular flexibility index (Phi) is 5.69. The van der Waals surface area contributed by atoms with E-state index in [1.807, 2.05) is 6.92 Å². The first kappa shape index (κ1) is 19.2. The van der Waals surface area contributed by atoms with Crippen LogP contribution in [0.2, 0.25) is 0 Å². The quantitative estimate of drug-likeness (QED) is 0.873. The highest BCUT2D eigenvalue weighted by molar-refractivity contribution is 5.92. The van der Waals surface area contributed by atoms with Gasteiger partial charge in [-0.15, -0.1) is 17.5 Å². The predicted molar refractivity (Wildman–Crippen MR) is 87.0 cm³/mol. The molecule has 1 aliphatic heterocycles. The van der Waals surface area contributed by atoms with Crippen molar-refractivity contribution < 1.29 is 18.0 Å².